The number of hydrogen-bond acceptors (Lipinski definition) is 4. The summed E-state index contributed by atoms with van der Waals surface area (Å²) in [6, 6.07) is 9.74. The largest absolute Gasteiger partial charge is 0.508 e. The van der Waals surface area contributed by atoms with Gasteiger partial charge in [-0.05, 0) is 54.8 Å². The Hall–Kier alpha value is -2.14. The lowest BCUT2D eigenvalue weighted by molar-refractivity contribution is -0.118. The molecule has 23 heavy (non-hydrogen) atoms. The lowest BCUT2D eigenvalue weighted by atomic mass is 9.89. The average molecular weight is 336 g/mol. The molecule has 2 rings (SSSR count). The maximum atomic E-state index is 12.0. The van der Waals surface area contributed by atoms with Crippen molar-refractivity contribution in [1.82, 2.24) is 0 Å². The van der Waals surface area contributed by atoms with Gasteiger partial charge in [0.05, 0.1) is 5.30 Å². The van der Waals surface area contributed by atoms with Crippen LogP contribution in [0.1, 0.15) is 24.0 Å². The van der Waals surface area contributed by atoms with Gasteiger partial charge in [0.2, 0.25) is 0 Å². The molecule has 0 spiro atoms. The Morgan fingerprint density at radius 3 is 2.30 bits per heavy atom. The molecule has 0 aromatic heterocycles. The summed E-state index contributed by atoms with van der Waals surface area (Å²) < 4.78 is 11.6. The van der Waals surface area contributed by atoms with Crippen molar-refractivity contribution in [3.8, 4) is 11.5 Å². The SMILES string of the molecule is CC(=O)C(Cc1cc(O)ccc1P(=O)(O)O)c1cccc(O)c1. The fraction of sp³-hybridized carbons (Fsp3) is 0.188. The molecular formula is C16H17O6P. The van der Waals surface area contributed by atoms with Crippen LogP contribution in [0.25, 0.3) is 0 Å². The molecule has 0 aliphatic carbocycles. The lowest BCUT2D eigenvalue weighted by Crippen LogP contribution is -2.18. The molecule has 2 aromatic rings. The Balaban J connectivity index is 2.48. The van der Waals surface area contributed by atoms with E-state index >= 15 is 0 Å². The van der Waals surface area contributed by atoms with E-state index in [-0.39, 0.29) is 34.6 Å². The van der Waals surface area contributed by atoms with Gasteiger partial charge in [0.25, 0.3) is 0 Å². The molecule has 0 saturated heterocycles. The van der Waals surface area contributed by atoms with Crippen LogP contribution in [-0.4, -0.2) is 25.8 Å². The van der Waals surface area contributed by atoms with E-state index in [2.05, 4.69) is 0 Å². The molecule has 0 fully saturated rings. The van der Waals surface area contributed by atoms with Gasteiger partial charge in [-0.25, -0.2) is 0 Å². The number of phenolic OH excluding ortho intramolecular Hbond substituents is 2. The van der Waals surface area contributed by atoms with E-state index in [1.165, 1.54) is 31.2 Å². The third kappa shape index (κ3) is 4.20. The summed E-state index contributed by atoms with van der Waals surface area (Å²) in [6.45, 7) is 1.37. The van der Waals surface area contributed by atoms with Gasteiger partial charge in [-0.2, -0.15) is 0 Å². The van der Waals surface area contributed by atoms with Crippen LogP contribution in [0, 0.1) is 0 Å². The first-order valence-electron chi connectivity index (χ1n) is 6.86. The second-order valence-corrected chi connectivity index (χ2v) is 6.89. The van der Waals surface area contributed by atoms with Crippen LogP contribution in [0.15, 0.2) is 42.5 Å². The van der Waals surface area contributed by atoms with Crippen molar-refractivity contribution in [3.63, 3.8) is 0 Å². The smallest absolute Gasteiger partial charge is 0.356 e. The molecule has 2 aromatic carbocycles. The Morgan fingerprint density at radius 2 is 1.74 bits per heavy atom. The normalized spacial score (nSPS) is 12.8. The van der Waals surface area contributed by atoms with Crippen LogP contribution >= 0.6 is 7.60 Å². The number of hydrogen-bond donors (Lipinski definition) is 4. The zero-order valence-electron chi connectivity index (χ0n) is 12.4. The molecule has 0 bridgehead atoms. The highest BCUT2D eigenvalue weighted by Gasteiger charge is 2.26. The highest BCUT2D eigenvalue weighted by Crippen LogP contribution is 2.37. The van der Waals surface area contributed by atoms with Crippen molar-refractivity contribution < 1.29 is 29.4 Å². The highest BCUT2D eigenvalue weighted by molar-refractivity contribution is 7.60. The van der Waals surface area contributed by atoms with Gasteiger partial charge < -0.3 is 20.0 Å². The van der Waals surface area contributed by atoms with Crippen molar-refractivity contribution in [2.75, 3.05) is 0 Å². The summed E-state index contributed by atoms with van der Waals surface area (Å²) in [4.78, 5) is 30.8. The van der Waals surface area contributed by atoms with Gasteiger partial charge in [-0.1, -0.05) is 12.1 Å². The van der Waals surface area contributed by atoms with Crippen LogP contribution in [0.5, 0.6) is 11.5 Å². The van der Waals surface area contributed by atoms with E-state index in [1.807, 2.05) is 0 Å². The van der Waals surface area contributed by atoms with Gasteiger partial charge in [0.15, 0.2) is 0 Å². The number of benzene rings is 2. The number of aromatic hydroxyl groups is 2. The van der Waals surface area contributed by atoms with Gasteiger partial charge >= 0.3 is 7.60 Å². The van der Waals surface area contributed by atoms with Crippen molar-refractivity contribution in [1.29, 1.82) is 0 Å². The Morgan fingerprint density at radius 1 is 1.09 bits per heavy atom. The molecule has 7 heteroatoms. The first kappa shape index (κ1) is 17.2. The van der Waals surface area contributed by atoms with Crippen LogP contribution in [0.4, 0.5) is 0 Å². The molecule has 0 radical (unpaired) electrons. The third-order valence-corrected chi connectivity index (χ3v) is 4.63. The first-order valence-corrected chi connectivity index (χ1v) is 8.47. The number of Topliss-reactive ketones (excluding diaryl/α,β-unsaturated/α-hetero) is 1. The standard InChI is InChI=1S/C16H17O6P/c1-10(17)15(11-3-2-4-13(18)7-11)9-12-8-14(19)5-6-16(12)23(20,21)22/h2-8,15,18-19H,9H2,1H3,(H2,20,21,22). The molecule has 1 unspecified atom stereocenters. The highest BCUT2D eigenvalue weighted by atomic mass is 31.2. The minimum atomic E-state index is -4.53. The molecule has 6 nitrogen and oxygen atoms in total. The number of rotatable bonds is 5. The van der Waals surface area contributed by atoms with Gasteiger partial charge in [-0.3, -0.25) is 9.36 Å². The topological polar surface area (TPSA) is 115 Å². The number of ketones is 1. The third-order valence-electron chi connectivity index (χ3n) is 3.56. The molecule has 0 amide bonds. The molecule has 0 aliphatic rings. The van der Waals surface area contributed by atoms with Crippen molar-refractivity contribution in [3.05, 3.63) is 53.6 Å². The van der Waals surface area contributed by atoms with E-state index in [1.54, 1.807) is 12.1 Å². The van der Waals surface area contributed by atoms with Crippen molar-refractivity contribution in [2.24, 2.45) is 0 Å². The second-order valence-electron chi connectivity index (χ2n) is 5.32. The first-order chi connectivity index (χ1) is 10.7. The summed E-state index contributed by atoms with van der Waals surface area (Å²) in [5, 5.41) is 18.9. The Kier molecular flexibility index (Phi) is 4.90. The predicted molar refractivity (Wildman–Crippen MR) is 85.0 cm³/mol. The van der Waals surface area contributed by atoms with E-state index in [9.17, 15) is 29.4 Å². The molecule has 0 aliphatic heterocycles. The van der Waals surface area contributed by atoms with E-state index in [0.717, 1.165) is 6.07 Å². The van der Waals surface area contributed by atoms with Crippen LogP contribution < -0.4 is 5.30 Å². The summed E-state index contributed by atoms with van der Waals surface area (Å²) >= 11 is 0. The minimum Gasteiger partial charge on any atom is -0.508 e. The van der Waals surface area contributed by atoms with Crippen LogP contribution in [0.3, 0.4) is 0 Å². The summed E-state index contributed by atoms with van der Waals surface area (Å²) in [5.74, 6) is -1.04. The molecule has 1 atom stereocenters. The molecule has 0 heterocycles. The predicted octanol–water partition coefficient (Wildman–Crippen LogP) is 1.82. The lowest BCUT2D eigenvalue weighted by Gasteiger charge is -2.18. The Bertz CT molecular complexity index is 780. The number of carbonyl (C=O) groups excluding carboxylic acids is 1. The van der Waals surface area contributed by atoms with Gasteiger partial charge in [-0.15, -0.1) is 0 Å². The zero-order chi connectivity index (χ0) is 17.2. The second kappa shape index (κ2) is 6.54. The summed E-state index contributed by atoms with van der Waals surface area (Å²) in [5.41, 5.74) is 0.736. The summed E-state index contributed by atoms with van der Waals surface area (Å²) in [6.07, 6.45) is 0.00757. The van der Waals surface area contributed by atoms with Gasteiger partial charge in [0.1, 0.15) is 17.3 Å². The monoisotopic (exact) mass is 336 g/mol. The molecule has 122 valence electrons. The number of phenols is 2. The number of carbonyl (C=O) groups is 1. The van der Waals surface area contributed by atoms with E-state index in [4.69, 9.17) is 0 Å². The zero-order valence-corrected chi connectivity index (χ0v) is 13.3. The summed E-state index contributed by atoms with van der Waals surface area (Å²) in [7, 11) is -4.53. The van der Waals surface area contributed by atoms with Crippen molar-refractivity contribution in [2.45, 2.75) is 19.3 Å². The van der Waals surface area contributed by atoms with E-state index < -0.39 is 13.5 Å². The molecular weight excluding hydrogens is 319 g/mol. The van der Waals surface area contributed by atoms with E-state index in [0.29, 0.717) is 5.56 Å². The average Bonchev–Trinajstić information content (AvgIpc) is 2.43. The molecule has 4 N–H and O–H groups in total. The maximum Gasteiger partial charge on any atom is 0.356 e. The van der Waals surface area contributed by atoms with Crippen LogP contribution in [0.2, 0.25) is 0 Å². The quantitative estimate of drug-likeness (QED) is 0.619. The van der Waals surface area contributed by atoms with Gasteiger partial charge in [0, 0.05) is 5.92 Å². The minimum absolute atomic E-state index is 0.000120. The fourth-order valence-corrected chi connectivity index (χ4v) is 3.28. The fourth-order valence-electron chi connectivity index (χ4n) is 2.48. The molecule has 0 saturated carbocycles. The van der Waals surface area contributed by atoms with Crippen molar-refractivity contribution >= 4 is 18.7 Å². The van der Waals surface area contributed by atoms with Crippen LogP contribution in [-0.2, 0) is 15.8 Å². The maximum absolute atomic E-state index is 12.0. The Labute approximate surface area is 133 Å².